The predicted molar refractivity (Wildman–Crippen MR) is 70.0 cm³/mol. The Kier molecular flexibility index (Phi) is 3.45. The van der Waals surface area contributed by atoms with Gasteiger partial charge in [-0.1, -0.05) is 6.92 Å². The van der Waals surface area contributed by atoms with Crippen LogP contribution < -0.4 is 0 Å². The lowest BCUT2D eigenvalue weighted by molar-refractivity contribution is 0.0889. The first-order valence-corrected chi connectivity index (χ1v) is 7.53. The van der Waals surface area contributed by atoms with Gasteiger partial charge in [-0.15, -0.1) is 0 Å². The van der Waals surface area contributed by atoms with Crippen molar-refractivity contribution >= 4 is 0 Å². The fourth-order valence-electron chi connectivity index (χ4n) is 4.38. The quantitative estimate of drug-likeness (QED) is 0.732. The van der Waals surface area contributed by atoms with Crippen LogP contribution in [0.3, 0.4) is 0 Å². The van der Waals surface area contributed by atoms with Gasteiger partial charge in [0.25, 0.3) is 0 Å². The van der Waals surface area contributed by atoms with Gasteiger partial charge in [0.2, 0.25) is 0 Å². The molecule has 2 nitrogen and oxygen atoms in total. The summed E-state index contributed by atoms with van der Waals surface area (Å²) >= 11 is 0. The topological polar surface area (TPSA) is 12.5 Å². The number of likely N-dealkylation sites (tertiary alicyclic amines) is 1. The maximum absolute atomic E-state index is 5.52. The molecule has 1 heterocycles. The lowest BCUT2D eigenvalue weighted by Gasteiger charge is -2.34. The molecule has 0 aromatic heterocycles. The molecule has 2 unspecified atom stereocenters. The SMILES string of the molecule is COC1CC2CN([C@H]3CC[C@@H](C)CC3)CC2C1. The second kappa shape index (κ2) is 4.89. The van der Waals surface area contributed by atoms with Crippen LogP contribution in [0.25, 0.3) is 0 Å². The molecule has 0 aromatic carbocycles. The molecule has 1 saturated heterocycles. The van der Waals surface area contributed by atoms with E-state index in [9.17, 15) is 0 Å². The number of hydrogen-bond acceptors (Lipinski definition) is 2. The van der Waals surface area contributed by atoms with Crippen LogP contribution in [0.2, 0.25) is 0 Å². The summed E-state index contributed by atoms with van der Waals surface area (Å²) in [5.74, 6) is 2.87. The number of fused-ring (bicyclic) bond motifs is 1. The van der Waals surface area contributed by atoms with Gasteiger partial charge in [-0.2, -0.15) is 0 Å². The van der Waals surface area contributed by atoms with Crippen molar-refractivity contribution < 1.29 is 4.74 Å². The van der Waals surface area contributed by atoms with Crippen LogP contribution in [0.4, 0.5) is 0 Å². The number of rotatable bonds is 2. The van der Waals surface area contributed by atoms with E-state index in [0.717, 1.165) is 23.8 Å². The Morgan fingerprint density at radius 3 is 2.06 bits per heavy atom. The Bertz CT molecular complexity index is 246. The number of methoxy groups -OCH3 is 1. The second-order valence-corrected chi connectivity index (χ2v) is 6.72. The standard InChI is InChI=1S/C15H27NO/c1-11-3-5-14(6-4-11)16-9-12-7-15(17-2)8-13(12)10-16/h11-15H,3-10H2,1-2H3/t11-,12?,13?,14+,15?. The van der Waals surface area contributed by atoms with Crippen LogP contribution >= 0.6 is 0 Å². The summed E-state index contributed by atoms with van der Waals surface area (Å²) in [6, 6.07) is 0.915. The van der Waals surface area contributed by atoms with Crippen LogP contribution in [0, 0.1) is 17.8 Å². The molecule has 3 aliphatic rings. The molecule has 0 aromatic rings. The third-order valence-corrected chi connectivity index (χ3v) is 5.57. The van der Waals surface area contributed by atoms with E-state index in [1.54, 1.807) is 0 Å². The maximum atomic E-state index is 5.52. The molecular weight excluding hydrogens is 210 g/mol. The second-order valence-electron chi connectivity index (χ2n) is 6.72. The molecule has 0 radical (unpaired) electrons. The molecule has 2 atom stereocenters. The molecule has 2 aliphatic carbocycles. The van der Waals surface area contributed by atoms with Gasteiger partial charge in [-0.3, -0.25) is 4.90 Å². The van der Waals surface area contributed by atoms with Crippen LogP contribution in [0.5, 0.6) is 0 Å². The largest absolute Gasteiger partial charge is 0.381 e. The smallest absolute Gasteiger partial charge is 0.0577 e. The Hall–Kier alpha value is -0.0800. The molecule has 0 bridgehead atoms. The highest BCUT2D eigenvalue weighted by Crippen LogP contribution is 2.41. The highest BCUT2D eigenvalue weighted by Gasteiger charge is 2.42. The van der Waals surface area contributed by atoms with Gasteiger partial charge in [0.15, 0.2) is 0 Å². The van der Waals surface area contributed by atoms with E-state index in [2.05, 4.69) is 11.8 Å². The zero-order valence-corrected chi connectivity index (χ0v) is 11.4. The minimum atomic E-state index is 0.568. The van der Waals surface area contributed by atoms with Crippen LogP contribution in [0.1, 0.15) is 45.4 Å². The minimum absolute atomic E-state index is 0.568. The zero-order chi connectivity index (χ0) is 11.8. The van der Waals surface area contributed by atoms with Crippen molar-refractivity contribution in [3.8, 4) is 0 Å². The van der Waals surface area contributed by atoms with Crippen LogP contribution in [0.15, 0.2) is 0 Å². The Morgan fingerprint density at radius 1 is 0.941 bits per heavy atom. The van der Waals surface area contributed by atoms with Crippen molar-refractivity contribution in [2.45, 2.75) is 57.6 Å². The first-order chi connectivity index (χ1) is 8.26. The van der Waals surface area contributed by atoms with Gasteiger partial charge in [0, 0.05) is 26.2 Å². The highest BCUT2D eigenvalue weighted by atomic mass is 16.5. The molecule has 1 aliphatic heterocycles. The van der Waals surface area contributed by atoms with Crippen LogP contribution in [-0.2, 0) is 4.74 Å². The summed E-state index contributed by atoms with van der Waals surface area (Å²) in [4.78, 5) is 2.81. The first-order valence-electron chi connectivity index (χ1n) is 7.53. The van der Waals surface area contributed by atoms with Crippen molar-refractivity contribution in [3.63, 3.8) is 0 Å². The summed E-state index contributed by atoms with van der Waals surface area (Å²) in [6.07, 6.45) is 9.03. The Labute approximate surface area is 106 Å². The van der Waals surface area contributed by atoms with Crippen molar-refractivity contribution in [1.29, 1.82) is 0 Å². The third-order valence-electron chi connectivity index (χ3n) is 5.57. The molecule has 3 rings (SSSR count). The van der Waals surface area contributed by atoms with Crippen molar-refractivity contribution in [2.75, 3.05) is 20.2 Å². The van der Waals surface area contributed by atoms with E-state index in [0.29, 0.717) is 6.10 Å². The highest BCUT2D eigenvalue weighted by molar-refractivity contribution is 4.95. The number of nitrogens with zero attached hydrogens (tertiary/aromatic N) is 1. The summed E-state index contributed by atoms with van der Waals surface area (Å²) in [5.41, 5.74) is 0. The van der Waals surface area contributed by atoms with Gasteiger partial charge in [-0.05, 0) is 56.3 Å². The monoisotopic (exact) mass is 237 g/mol. The normalized spacial score (nSPS) is 47.3. The van der Waals surface area contributed by atoms with Gasteiger partial charge < -0.3 is 4.74 Å². The Balaban J connectivity index is 1.52. The lowest BCUT2D eigenvalue weighted by atomic mass is 9.86. The van der Waals surface area contributed by atoms with E-state index >= 15 is 0 Å². The zero-order valence-electron chi connectivity index (χ0n) is 11.4. The third kappa shape index (κ3) is 2.39. The molecular formula is C15H27NO. The first kappa shape index (κ1) is 12.0. The fourth-order valence-corrected chi connectivity index (χ4v) is 4.38. The molecule has 0 amide bonds. The maximum Gasteiger partial charge on any atom is 0.0577 e. The van der Waals surface area contributed by atoms with Crippen molar-refractivity contribution in [2.24, 2.45) is 17.8 Å². The molecule has 0 spiro atoms. The summed E-state index contributed by atoms with van der Waals surface area (Å²) in [7, 11) is 1.88. The van der Waals surface area contributed by atoms with E-state index < -0.39 is 0 Å². The van der Waals surface area contributed by atoms with Crippen molar-refractivity contribution in [1.82, 2.24) is 4.90 Å². The summed E-state index contributed by atoms with van der Waals surface area (Å²) < 4.78 is 5.52. The lowest BCUT2D eigenvalue weighted by Crippen LogP contribution is -2.37. The van der Waals surface area contributed by atoms with E-state index in [4.69, 9.17) is 4.74 Å². The summed E-state index contributed by atoms with van der Waals surface area (Å²) in [6.45, 7) is 5.14. The predicted octanol–water partition coefficient (Wildman–Crippen LogP) is 2.92. The molecule has 17 heavy (non-hydrogen) atoms. The fraction of sp³-hybridized carbons (Fsp3) is 1.00. The van der Waals surface area contributed by atoms with Gasteiger partial charge in [-0.25, -0.2) is 0 Å². The number of hydrogen-bond donors (Lipinski definition) is 0. The molecule has 98 valence electrons. The number of ether oxygens (including phenoxy) is 1. The molecule has 0 N–H and O–H groups in total. The van der Waals surface area contributed by atoms with Gasteiger partial charge in [0.1, 0.15) is 0 Å². The molecule has 2 saturated carbocycles. The summed E-state index contributed by atoms with van der Waals surface area (Å²) in [5, 5.41) is 0. The van der Waals surface area contributed by atoms with Crippen molar-refractivity contribution in [3.05, 3.63) is 0 Å². The van der Waals surface area contributed by atoms with Gasteiger partial charge in [0.05, 0.1) is 6.10 Å². The van der Waals surface area contributed by atoms with E-state index in [1.807, 2.05) is 7.11 Å². The molecule has 3 fully saturated rings. The Morgan fingerprint density at radius 2 is 1.53 bits per heavy atom. The average Bonchev–Trinajstić information content (AvgIpc) is 2.87. The average molecular weight is 237 g/mol. The van der Waals surface area contributed by atoms with Gasteiger partial charge >= 0.3 is 0 Å². The molecule has 2 heteroatoms. The minimum Gasteiger partial charge on any atom is -0.381 e. The van der Waals surface area contributed by atoms with Crippen LogP contribution in [-0.4, -0.2) is 37.2 Å². The van der Waals surface area contributed by atoms with E-state index in [1.165, 1.54) is 51.6 Å². The van der Waals surface area contributed by atoms with E-state index in [-0.39, 0.29) is 0 Å².